The van der Waals surface area contributed by atoms with Crippen molar-refractivity contribution in [2.24, 2.45) is 0 Å². The lowest BCUT2D eigenvalue weighted by atomic mass is 9.94. The lowest BCUT2D eigenvalue weighted by Gasteiger charge is -2.36. The van der Waals surface area contributed by atoms with Crippen LogP contribution in [0.5, 0.6) is 0 Å². The number of benzene rings is 1. The Kier molecular flexibility index (Phi) is 9.91. The van der Waals surface area contributed by atoms with Crippen molar-refractivity contribution >= 4 is 36.4 Å². The molecule has 1 heterocycles. The van der Waals surface area contributed by atoms with Crippen LogP contribution in [-0.2, 0) is 6.18 Å². The van der Waals surface area contributed by atoms with Crippen LogP contribution >= 0.6 is 36.4 Å². The molecule has 140 valence electrons. The zero-order chi connectivity index (χ0) is 16.3. The van der Waals surface area contributed by atoms with Crippen molar-refractivity contribution in [3.05, 3.63) is 34.1 Å². The van der Waals surface area contributed by atoms with E-state index in [4.69, 9.17) is 11.6 Å². The Morgan fingerprint density at radius 2 is 1.79 bits per heavy atom. The quantitative estimate of drug-likeness (QED) is 0.695. The monoisotopic (exact) mass is 410 g/mol. The first-order chi connectivity index (χ1) is 10.4. The molecule has 0 spiro atoms. The van der Waals surface area contributed by atoms with E-state index in [1.54, 1.807) is 0 Å². The van der Waals surface area contributed by atoms with Crippen LogP contribution in [0.3, 0.4) is 0 Å². The fourth-order valence-electron chi connectivity index (χ4n) is 2.92. The van der Waals surface area contributed by atoms with Crippen LogP contribution in [0.25, 0.3) is 0 Å². The standard InChI is InChI=1S/C15H19ClF4N2.2ClH/c1-2-3-12(22-8-6-21-7-9-22)13-10(15(18,19)20)4-5-11(16)14(13)17;;/h4-5,12,21H,2-3,6-9H2,1H3;2*1H/t12-;;/m0../s1. The van der Waals surface area contributed by atoms with E-state index < -0.39 is 23.6 Å². The normalized spacial score (nSPS) is 16.9. The molecule has 9 heteroatoms. The Labute approximate surface area is 156 Å². The van der Waals surface area contributed by atoms with Gasteiger partial charge in [-0.3, -0.25) is 4.90 Å². The number of piperazine rings is 1. The molecule has 1 fully saturated rings. The number of nitrogens with zero attached hydrogens (tertiary/aromatic N) is 1. The summed E-state index contributed by atoms with van der Waals surface area (Å²) in [6.45, 7) is 4.43. The molecule has 1 aromatic carbocycles. The molecule has 1 atom stereocenters. The predicted molar refractivity (Wildman–Crippen MR) is 93.0 cm³/mol. The molecule has 1 aromatic rings. The number of halogens is 7. The van der Waals surface area contributed by atoms with Gasteiger partial charge in [0.25, 0.3) is 0 Å². The van der Waals surface area contributed by atoms with Crippen LogP contribution in [0, 0.1) is 5.82 Å². The van der Waals surface area contributed by atoms with Gasteiger partial charge < -0.3 is 5.32 Å². The van der Waals surface area contributed by atoms with Gasteiger partial charge in [-0.25, -0.2) is 4.39 Å². The average molecular weight is 412 g/mol. The summed E-state index contributed by atoms with van der Waals surface area (Å²) in [5.74, 6) is -0.950. The molecule has 24 heavy (non-hydrogen) atoms. The van der Waals surface area contributed by atoms with E-state index in [1.807, 2.05) is 11.8 Å². The summed E-state index contributed by atoms with van der Waals surface area (Å²) < 4.78 is 54.3. The van der Waals surface area contributed by atoms with Gasteiger partial charge in [0.05, 0.1) is 10.6 Å². The summed E-state index contributed by atoms with van der Waals surface area (Å²) in [5.41, 5.74) is -1.24. The third-order valence-electron chi connectivity index (χ3n) is 3.93. The van der Waals surface area contributed by atoms with Crippen LogP contribution in [0.15, 0.2) is 12.1 Å². The van der Waals surface area contributed by atoms with Crippen LogP contribution in [-0.4, -0.2) is 31.1 Å². The topological polar surface area (TPSA) is 15.3 Å². The van der Waals surface area contributed by atoms with Crippen LogP contribution in [0.1, 0.15) is 36.9 Å². The minimum Gasteiger partial charge on any atom is -0.314 e. The molecule has 0 radical (unpaired) electrons. The molecule has 2 rings (SSSR count). The van der Waals surface area contributed by atoms with E-state index in [0.717, 1.165) is 12.1 Å². The van der Waals surface area contributed by atoms with Crippen molar-refractivity contribution in [1.82, 2.24) is 10.2 Å². The van der Waals surface area contributed by atoms with Crippen molar-refractivity contribution in [2.45, 2.75) is 32.0 Å². The summed E-state index contributed by atoms with van der Waals surface area (Å²) in [6.07, 6.45) is -3.47. The number of hydrogen-bond acceptors (Lipinski definition) is 2. The Bertz CT molecular complexity index is 520. The second kappa shape index (κ2) is 10.0. The Hall–Kier alpha value is -0.270. The fraction of sp³-hybridized carbons (Fsp3) is 0.600. The highest BCUT2D eigenvalue weighted by atomic mass is 35.5. The van der Waals surface area contributed by atoms with Gasteiger partial charge in [-0.15, -0.1) is 24.8 Å². The highest BCUT2D eigenvalue weighted by Gasteiger charge is 2.39. The van der Waals surface area contributed by atoms with E-state index in [-0.39, 0.29) is 35.4 Å². The first-order valence-electron chi connectivity index (χ1n) is 7.36. The zero-order valence-corrected chi connectivity index (χ0v) is 15.5. The number of nitrogens with one attached hydrogen (secondary N) is 1. The van der Waals surface area contributed by atoms with E-state index in [1.165, 1.54) is 0 Å². The minimum atomic E-state index is -4.60. The molecule has 0 aliphatic carbocycles. The Morgan fingerprint density at radius 3 is 2.29 bits per heavy atom. The molecule has 0 aromatic heterocycles. The maximum Gasteiger partial charge on any atom is 0.416 e. The predicted octanol–water partition coefficient (Wildman–Crippen LogP) is 5.09. The van der Waals surface area contributed by atoms with Crippen molar-refractivity contribution in [3.8, 4) is 0 Å². The molecule has 2 nitrogen and oxygen atoms in total. The molecule has 1 N–H and O–H groups in total. The maximum atomic E-state index is 14.4. The summed E-state index contributed by atoms with van der Waals surface area (Å²) in [4.78, 5) is 1.91. The van der Waals surface area contributed by atoms with Gasteiger partial charge in [0.2, 0.25) is 0 Å². The second-order valence-electron chi connectivity index (χ2n) is 5.41. The molecule has 0 bridgehead atoms. The Balaban J connectivity index is 0.00000264. The molecule has 1 aliphatic rings. The van der Waals surface area contributed by atoms with Crippen LogP contribution in [0.2, 0.25) is 5.02 Å². The summed E-state index contributed by atoms with van der Waals surface area (Å²) in [7, 11) is 0. The average Bonchev–Trinajstić information content (AvgIpc) is 2.47. The lowest BCUT2D eigenvalue weighted by molar-refractivity contribution is -0.139. The molecule has 1 saturated heterocycles. The van der Waals surface area contributed by atoms with Crippen molar-refractivity contribution in [2.75, 3.05) is 26.2 Å². The first kappa shape index (κ1) is 23.7. The van der Waals surface area contributed by atoms with Gasteiger partial charge in [-0.05, 0) is 18.6 Å². The highest BCUT2D eigenvalue weighted by molar-refractivity contribution is 6.30. The number of hydrogen-bond donors (Lipinski definition) is 1. The molecular formula is C15H21Cl3F4N2. The summed E-state index contributed by atoms with van der Waals surface area (Å²) >= 11 is 5.75. The SMILES string of the molecule is CCC[C@@H](c1c(C(F)(F)F)ccc(Cl)c1F)N1CCNCC1.Cl.Cl. The first-order valence-corrected chi connectivity index (χ1v) is 7.74. The number of rotatable bonds is 4. The molecule has 0 amide bonds. The lowest BCUT2D eigenvalue weighted by Crippen LogP contribution is -2.45. The smallest absolute Gasteiger partial charge is 0.314 e. The molecule has 0 saturated carbocycles. The van der Waals surface area contributed by atoms with E-state index in [0.29, 0.717) is 39.0 Å². The van der Waals surface area contributed by atoms with Crippen LogP contribution < -0.4 is 5.32 Å². The van der Waals surface area contributed by atoms with Crippen LogP contribution in [0.4, 0.5) is 17.6 Å². The Morgan fingerprint density at radius 1 is 1.21 bits per heavy atom. The number of alkyl halides is 3. The zero-order valence-electron chi connectivity index (χ0n) is 13.1. The third-order valence-corrected chi connectivity index (χ3v) is 4.22. The minimum absolute atomic E-state index is 0. The van der Waals surface area contributed by atoms with Gasteiger partial charge in [-0.1, -0.05) is 24.9 Å². The summed E-state index contributed by atoms with van der Waals surface area (Å²) in [6, 6.07) is 1.25. The molecular weight excluding hydrogens is 391 g/mol. The maximum absolute atomic E-state index is 14.4. The van der Waals surface area contributed by atoms with Gasteiger partial charge >= 0.3 is 6.18 Å². The van der Waals surface area contributed by atoms with Crippen molar-refractivity contribution in [1.29, 1.82) is 0 Å². The van der Waals surface area contributed by atoms with Crippen molar-refractivity contribution in [3.63, 3.8) is 0 Å². The second-order valence-corrected chi connectivity index (χ2v) is 5.82. The fourth-order valence-corrected chi connectivity index (χ4v) is 3.08. The van der Waals surface area contributed by atoms with Crippen molar-refractivity contribution < 1.29 is 17.6 Å². The van der Waals surface area contributed by atoms with E-state index >= 15 is 0 Å². The highest BCUT2D eigenvalue weighted by Crippen LogP contribution is 2.41. The van der Waals surface area contributed by atoms with Gasteiger partial charge in [0.15, 0.2) is 0 Å². The van der Waals surface area contributed by atoms with Gasteiger partial charge in [0, 0.05) is 37.8 Å². The van der Waals surface area contributed by atoms with E-state index in [2.05, 4.69) is 5.32 Å². The van der Waals surface area contributed by atoms with Gasteiger partial charge in [0.1, 0.15) is 5.82 Å². The molecule has 1 aliphatic heterocycles. The third kappa shape index (κ3) is 5.36. The van der Waals surface area contributed by atoms with E-state index in [9.17, 15) is 17.6 Å². The summed E-state index contributed by atoms with van der Waals surface area (Å²) in [5, 5.41) is 2.89. The van der Waals surface area contributed by atoms with Gasteiger partial charge in [-0.2, -0.15) is 13.2 Å². The molecule has 0 unspecified atom stereocenters. The largest absolute Gasteiger partial charge is 0.416 e.